The summed E-state index contributed by atoms with van der Waals surface area (Å²) in [6, 6.07) is 1.67. The SMILES string of the molecule is COc1c(NS(=O)(=O)c2cc(C)sc2C)c(C)nn1C. The molecule has 0 saturated carbocycles. The van der Waals surface area contributed by atoms with E-state index in [4.69, 9.17) is 4.74 Å². The number of sulfonamides is 1. The van der Waals surface area contributed by atoms with Crippen LogP contribution < -0.4 is 9.46 Å². The Morgan fingerprint density at radius 3 is 2.50 bits per heavy atom. The van der Waals surface area contributed by atoms with Gasteiger partial charge in [-0.25, -0.2) is 13.1 Å². The fourth-order valence-corrected chi connectivity index (χ4v) is 4.72. The molecule has 20 heavy (non-hydrogen) atoms. The van der Waals surface area contributed by atoms with Crippen molar-refractivity contribution in [3.63, 3.8) is 0 Å². The molecule has 2 aromatic rings. The number of aromatic nitrogens is 2. The highest BCUT2D eigenvalue weighted by Gasteiger charge is 2.24. The van der Waals surface area contributed by atoms with Gasteiger partial charge in [0.05, 0.1) is 12.8 Å². The molecule has 0 atom stereocenters. The second kappa shape index (κ2) is 5.10. The molecule has 2 aromatic heterocycles. The molecule has 6 nitrogen and oxygen atoms in total. The zero-order chi connectivity index (χ0) is 15.1. The zero-order valence-electron chi connectivity index (χ0n) is 12.0. The van der Waals surface area contributed by atoms with Crippen LogP contribution in [0.5, 0.6) is 5.88 Å². The zero-order valence-corrected chi connectivity index (χ0v) is 13.6. The highest BCUT2D eigenvalue weighted by molar-refractivity contribution is 7.93. The van der Waals surface area contributed by atoms with E-state index in [9.17, 15) is 8.42 Å². The van der Waals surface area contributed by atoms with Crippen LogP contribution in [0.4, 0.5) is 5.69 Å². The van der Waals surface area contributed by atoms with E-state index < -0.39 is 10.0 Å². The van der Waals surface area contributed by atoms with Crippen LogP contribution in [-0.2, 0) is 17.1 Å². The van der Waals surface area contributed by atoms with E-state index in [1.807, 2.05) is 6.92 Å². The van der Waals surface area contributed by atoms with Gasteiger partial charge in [-0.15, -0.1) is 11.3 Å². The van der Waals surface area contributed by atoms with Crippen LogP contribution in [0.3, 0.4) is 0 Å². The Morgan fingerprint density at radius 2 is 2.00 bits per heavy atom. The average molecular weight is 315 g/mol. The largest absolute Gasteiger partial charge is 0.480 e. The Morgan fingerprint density at radius 1 is 1.35 bits per heavy atom. The Balaban J connectivity index is 2.46. The third-order valence-corrected chi connectivity index (χ3v) is 5.46. The molecule has 0 aliphatic carbocycles. The number of thiophene rings is 1. The van der Waals surface area contributed by atoms with E-state index >= 15 is 0 Å². The maximum atomic E-state index is 12.5. The van der Waals surface area contributed by atoms with Crippen molar-refractivity contribution in [1.82, 2.24) is 9.78 Å². The molecule has 0 spiro atoms. The van der Waals surface area contributed by atoms with Gasteiger partial charge in [-0.1, -0.05) is 0 Å². The predicted molar refractivity (Wildman–Crippen MR) is 79.1 cm³/mol. The van der Waals surface area contributed by atoms with Crippen molar-refractivity contribution in [2.45, 2.75) is 25.7 Å². The van der Waals surface area contributed by atoms with E-state index in [0.717, 1.165) is 9.75 Å². The number of nitrogens with zero attached hydrogens (tertiary/aromatic N) is 2. The molecule has 0 radical (unpaired) electrons. The van der Waals surface area contributed by atoms with Crippen LogP contribution >= 0.6 is 11.3 Å². The number of hydrogen-bond donors (Lipinski definition) is 1. The van der Waals surface area contributed by atoms with Gasteiger partial charge in [0.25, 0.3) is 10.0 Å². The van der Waals surface area contributed by atoms with Crippen LogP contribution in [0.1, 0.15) is 15.4 Å². The van der Waals surface area contributed by atoms with E-state index in [1.165, 1.54) is 23.1 Å². The molecule has 8 heteroatoms. The minimum atomic E-state index is -3.64. The van der Waals surface area contributed by atoms with Crippen molar-refractivity contribution < 1.29 is 13.2 Å². The smallest absolute Gasteiger partial charge is 0.263 e. The Kier molecular flexibility index (Phi) is 3.79. The number of hydrogen-bond acceptors (Lipinski definition) is 5. The lowest BCUT2D eigenvalue weighted by atomic mass is 10.4. The maximum absolute atomic E-state index is 12.5. The van der Waals surface area contributed by atoms with Crippen LogP contribution in [0, 0.1) is 20.8 Å². The van der Waals surface area contributed by atoms with Crippen molar-refractivity contribution in [1.29, 1.82) is 0 Å². The Bertz CT molecular complexity index is 744. The topological polar surface area (TPSA) is 73.2 Å². The molecule has 0 aliphatic heterocycles. The van der Waals surface area contributed by atoms with Gasteiger partial charge in [0, 0.05) is 16.8 Å². The molecular weight excluding hydrogens is 298 g/mol. The molecule has 0 saturated heterocycles. The molecule has 0 fully saturated rings. The van der Waals surface area contributed by atoms with Crippen molar-refractivity contribution in [3.05, 3.63) is 21.5 Å². The second-order valence-electron chi connectivity index (χ2n) is 4.48. The van der Waals surface area contributed by atoms with Crippen molar-refractivity contribution in [3.8, 4) is 5.88 Å². The number of anilines is 1. The standard InChI is InChI=1S/C12H17N3O3S2/c1-7-6-10(9(3)19-7)20(16,17)14-11-8(2)13-15(4)12(11)18-5/h6,14H,1-5H3. The Hall–Kier alpha value is -1.54. The highest BCUT2D eigenvalue weighted by atomic mass is 32.2. The summed E-state index contributed by atoms with van der Waals surface area (Å²) in [5.74, 6) is 0.385. The summed E-state index contributed by atoms with van der Waals surface area (Å²) < 4.78 is 34.2. The molecule has 110 valence electrons. The van der Waals surface area contributed by atoms with Crippen LogP contribution in [0.25, 0.3) is 0 Å². The lowest BCUT2D eigenvalue weighted by Crippen LogP contribution is -2.14. The van der Waals surface area contributed by atoms with Crippen LogP contribution in [0.15, 0.2) is 11.0 Å². The fraction of sp³-hybridized carbons (Fsp3) is 0.417. The van der Waals surface area contributed by atoms with E-state index in [-0.39, 0.29) is 0 Å². The number of methoxy groups -OCH3 is 1. The summed E-state index contributed by atoms with van der Waals surface area (Å²) in [5.41, 5.74) is 0.941. The van der Waals surface area contributed by atoms with Gasteiger partial charge in [0.1, 0.15) is 10.6 Å². The molecular formula is C12H17N3O3S2. The minimum absolute atomic E-state index is 0.297. The van der Waals surface area contributed by atoms with Crippen molar-refractivity contribution >= 4 is 27.0 Å². The molecule has 0 amide bonds. The second-order valence-corrected chi connectivity index (χ2v) is 7.59. The predicted octanol–water partition coefficient (Wildman–Crippen LogP) is 2.22. The summed E-state index contributed by atoms with van der Waals surface area (Å²) in [7, 11) is -0.459. The average Bonchev–Trinajstić information content (AvgIpc) is 2.80. The van der Waals surface area contributed by atoms with Crippen molar-refractivity contribution in [2.24, 2.45) is 7.05 Å². The van der Waals surface area contributed by atoms with Crippen LogP contribution in [0.2, 0.25) is 0 Å². The molecule has 2 rings (SSSR count). The maximum Gasteiger partial charge on any atom is 0.263 e. The lowest BCUT2D eigenvalue weighted by molar-refractivity contribution is 0.375. The first kappa shape index (κ1) is 14.9. The summed E-state index contributed by atoms with van der Waals surface area (Å²) in [6.45, 7) is 5.40. The summed E-state index contributed by atoms with van der Waals surface area (Å²) >= 11 is 1.45. The van der Waals surface area contributed by atoms with E-state index in [2.05, 4.69) is 9.82 Å². The summed E-state index contributed by atoms with van der Waals surface area (Å²) in [6.07, 6.45) is 0. The van der Waals surface area contributed by atoms with Gasteiger partial charge in [-0.2, -0.15) is 5.10 Å². The van der Waals surface area contributed by atoms with Crippen molar-refractivity contribution in [2.75, 3.05) is 11.8 Å². The van der Waals surface area contributed by atoms with Crippen LogP contribution in [-0.4, -0.2) is 25.3 Å². The number of rotatable bonds is 4. The van der Waals surface area contributed by atoms with Gasteiger partial charge in [-0.05, 0) is 26.8 Å². The fourth-order valence-electron chi connectivity index (χ4n) is 2.05. The molecule has 1 N–H and O–H groups in total. The Labute approximate surface area is 122 Å². The molecule has 0 aliphatic rings. The number of nitrogens with one attached hydrogen (secondary N) is 1. The summed E-state index contributed by atoms with van der Waals surface area (Å²) in [5, 5.41) is 4.15. The van der Waals surface area contributed by atoms with Gasteiger partial charge in [0.2, 0.25) is 5.88 Å². The van der Waals surface area contributed by atoms with E-state index in [1.54, 1.807) is 27.0 Å². The minimum Gasteiger partial charge on any atom is -0.480 e. The normalized spacial score (nSPS) is 11.7. The quantitative estimate of drug-likeness (QED) is 0.939. The van der Waals surface area contributed by atoms with Gasteiger partial charge < -0.3 is 4.74 Å². The number of ether oxygens (including phenoxy) is 1. The first-order chi connectivity index (χ1) is 9.26. The van der Waals surface area contributed by atoms with Gasteiger partial charge >= 0.3 is 0 Å². The molecule has 0 aromatic carbocycles. The molecule has 2 heterocycles. The molecule has 0 bridgehead atoms. The van der Waals surface area contributed by atoms with E-state index in [0.29, 0.717) is 22.2 Å². The van der Waals surface area contributed by atoms with Gasteiger partial charge in [0.15, 0.2) is 0 Å². The monoisotopic (exact) mass is 315 g/mol. The van der Waals surface area contributed by atoms with Gasteiger partial charge in [-0.3, -0.25) is 4.72 Å². The number of aryl methyl sites for hydroxylation is 4. The lowest BCUT2D eigenvalue weighted by Gasteiger charge is -2.09. The third-order valence-electron chi connectivity index (χ3n) is 2.88. The third kappa shape index (κ3) is 2.53. The first-order valence-electron chi connectivity index (χ1n) is 5.93. The summed E-state index contributed by atoms with van der Waals surface area (Å²) in [4.78, 5) is 2.01. The highest BCUT2D eigenvalue weighted by Crippen LogP contribution is 2.32. The first-order valence-corrected chi connectivity index (χ1v) is 8.23. The molecule has 0 unspecified atom stereocenters.